The van der Waals surface area contributed by atoms with E-state index >= 15 is 0 Å². The van der Waals surface area contributed by atoms with Crippen molar-refractivity contribution in [2.45, 2.75) is 43.0 Å². The zero-order valence-electron chi connectivity index (χ0n) is 13.7. The summed E-state index contributed by atoms with van der Waals surface area (Å²) in [5.41, 5.74) is 5.38. The van der Waals surface area contributed by atoms with E-state index in [0.717, 1.165) is 25.0 Å². The number of amides is 3. The molecule has 3 heterocycles. The molecule has 0 aromatic carbocycles. The Hall–Kier alpha value is -2.29. The van der Waals surface area contributed by atoms with Gasteiger partial charge in [0.15, 0.2) is 0 Å². The van der Waals surface area contributed by atoms with Crippen LogP contribution in [0.4, 0.5) is 4.79 Å². The molecule has 0 saturated carbocycles. The Kier molecular flexibility index (Phi) is 7.05. The number of thioether (sulfide) groups is 1. The second-order valence-electron chi connectivity index (χ2n) is 5.87. The Balaban J connectivity index is 0.000000212. The molecule has 0 radical (unpaired) electrons. The SMILES string of the molecule is NC(=O)c1cccnc1.O=C(O)CCCC[C@@H]1SC[C@@H]2NC(=O)N[C@@H]21. The van der Waals surface area contributed by atoms with E-state index in [9.17, 15) is 14.4 Å². The topological polar surface area (TPSA) is 134 Å². The van der Waals surface area contributed by atoms with E-state index in [1.54, 1.807) is 18.3 Å². The number of carboxylic acids is 1. The first-order valence-corrected chi connectivity index (χ1v) is 9.12. The number of unbranched alkanes of at least 4 members (excludes halogenated alkanes) is 1. The average Bonchev–Trinajstić information content (AvgIpc) is 3.12. The summed E-state index contributed by atoms with van der Waals surface area (Å²) >= 11 is 1.87. The van der Waals surface area contributed by atoms with Crippen LogP contribution < -0.4 is 16.4 Å². The van der Waals surface area contributed by atoms with Gasteiger partial charge < -0.3 is 21.5 Å². The molecule has 0 unspecified atom stereocenters. The van der Waals surface area contributed by atoms with Gasteiger partial charge in [0.1, 0.15) is 0 Å². The maximum Gasteiger partial charge on any atom is 0.315 e. The number of fused-ring (bicyclic) bond motifs is 1. The van der Waals surface area contributed by atoms with Gasteiger partial charge in [-0.1, -0.05) is 6.42 Å². The quantitative estimate of drug-likeness (QED) is 0.438. The number of carboxylic acid groups (broad SMARTS) is 1. The molecule has 8 nitrogen and oxygen atoms in total. The van der Waals surface area contributed by atoms with Gasteiger partial charge in [-0.05, 0) is 25.0 Å². The molecule has 2 saturated heterocycles. The van der Waals surface area contributed by atoms with E-state index in [-0.39, 0.29) is 24.5 Å². The Labute approximate surface area is 150 Å². The number of aliphatic carboxylic acids is 1. The number of pyridine rings is 1. The molecule has 136 valence electrons. The first-order chi connectivity index (χ1) is 12.0. The minimum Gasteiger partial charge on any atom is -0.481 e. The Morgan fingerprint density at radius 3 is 2.76 bits per heavy atom. The number of rotatable bonds is 6. The van der Waals surface area contributed by atoms with Crippen molar-refractivity contribution in [2.75, 3.05) is 5.75 Å². The number of nitrogens with zero attached hydrogens (tertiary/aromatic N) is 1. The molecular formula is C16H22N4O4S. The first-order valence-electron chi connectivity index (χ1n) is 8.07. The Bertz CT molecular complexity index is 613. The highest BCUT2D eigenvalue weighted by molar-refractivity contribution is 8.00. The summed E-state index contributed by atoms with van der Waals surface area (Å²) in [5, 5.41) is 14.8. The minimum absolute atomic E-state index is 0.0640. The minimum atomic E-state index is -0.729. The summed E-state index contributed by atoms with van der Waals surface area (Å²) in [4.78, 5) is 35.5. The third-order valence-corrected chi connectivity index (χ3v) is 5.52. The Morgan fingerprint density at radius 2 is 2.16 bits per heavy atom. The van der Waals surface area contributed by atoms with Crippen molar-refractivity contribution in [1.29, 1.82) is 0 Å². The lowest BCUT2D eigenvalue weighted by atomic mass is 10.0. The van der Waals surface area contributed by atoms with Crippen LogP contribution in [0, 0.1) is 0 Å². The highest BCUT2D eigenvalue weighted by Crippen LogP contribution is 2.33. The summed E-state index contributed by atoms with van der Waals surface area (Å²) in [7, 11) is 0. The van der Waals surface area contributed by atoms with Crippen molar-refractivity contribution >= 4 is 29.7 Å². The molecule has 25 heavy (non-hydrogen) atoms. The van der Waals surface area contributed by atoms with Crippen molar-refractivity contribution < 1.29 is 19.5 Å². The van der Waals surface area contributed by atoms with Gasteiger partial charge in [-0.25, -0.2) is 4.79 Å². The van der Waals surface area contributed by atoms with E-state index < -0.39 is 11.9 Å². The van der Waals surface area contributed by atoms with E-state index in [1.165, 1.54) is 6.20 Å². The van der Waals surface area contributed by atoms with Gasteiger partial charge >= 0.3 is 12.0 Å². The van der Waals surface area contributed by atoms with Crippen LogP contribution in [0.5, 0.6) is 0 Å². The van der Waals surface area contributed by atoms with Crippen LogP contribution in [0.25, 0.3) is 0 Å². The number of hydrogen-bond acceptors (Lipinski definition) is 5. The molecule has 1 aromatic heterocycles. The van der Waals surface area contributed by atoms with Crippen molar-refractivity contribution in [2.24, 2.45) is 5.73 Å². The normalized spacial score (nSPS) is 23.7. The maximum atomic E-state index is 11.1. The molecular weight excluding hydrogens is 344 g/mol. The van der Waals surface area contributed by atoms with Crippen molar-refractivity contribution in [3.63, 3.8) is 0 Å². The number of hydrogen-bond donors (Lipinski definition) is 4. The summed E-state index contributed by atoms with van der Waals surface area (Å²) in [6.07, 6.45) is 5.90. The van der Waals surface area contributed by atoms with Crippen molar-refractivity contribution in [3.05, 3.63) is 30.1 Å². The second kappa shape index (κ2) is 9.26. The summed E-state index contributed by atoms with van der Waals surface area (Å²) in [6, 6.07) is 3.73. The maximum absolute atomic E-state index is 11.1. The van der Waals surface area contributed by atoms with Gasteiger partial charge in [0, 0.05) is 29.8 Å². The van der Waals surface area contributed by atoms with Gasteiger partial charge in [-0.3, -0.25) is 14.6 Å². The predicted octanol–water partition coefficient (Wildman–Crippen LogP) is 0.977. The molecule has 0 aliphatic carbocycles. The number of carbonyl (C=O) groups is 3. The molecule has 1 aromatic rings. The number of aromatic nitrogens is 1. The predicted molar refractivity (Wildman–Crippen MR) is 94.3 cm³/mol. The smallest absolute Gasteiger partial charge is 0.315 e. The molecule has 2 aliphatic heterocycles. The zero-order valence-corrected chi connectivity index (χ0v) is 14.5. The van der Waals surface area contributed by atoms with Crippen LogP contribution in [-0.2, 0) is 4.79 Å². The second-order valence-corrected chi connectivity index (χ2v) is 7.14. The van der Waals surface area contributed by atoms with Gasteiger partial charge in [0.2, 0.25) is 5.91 Å². The average molecular weight is 366 g/mol. The lowest BCUT2D eigenvalue weighted by molar-refractivity contribution is -0.137. The summed E-state index contributed by atoms with van der Waals surface area (Å²) in [6.45, 7) is 0. The van der Waals surface area contributed by atoms with Crippen molar-refractivity contribution in [3.8, 4) is 0 Å². The van der Waals surface area contributed by atoms with Crippen LogP contribution in [0.2, 0.25) is 0 Å². The molecule has 3 rings (SSSR count). The van der Waals surface area contributed by atoms with Gasteiger partial charge in [0.05, 0.1) is 17.6 Å². The van der Waals surface area contributed by atoms with E-state index in [2.05, 4.69) is 15.6 Å². The van der Waals surface area contributed by atoms with Gasteiger partial charge in [0.25, 0.3) is 0 Å². The Morgan fingerprint density at radius 1 is 1.36 bits per heavy atom. The monoisotopic (exact) mass is 366 g/mol. The molecule has 9 heteroatoms. The third kappa shape index (κ3) is 5.93. The molecule has 3 atom stereocenters. The number of nitrogens with one attached hydrogen (secondary N) is 2. The van der Waals surface area contributed by atoms with Crippen LogP contribution >= 0.6 is 11.8 Å². The largest absolute Gasteiger partial charge is 0.481 e. The van der Waals surface area contributed by atoms with E-state index in [1.807, 2.05) is 11.8 Å². The summed E-state index contributed by atoms with van der Waals surface area (Å²) in [5.74, 6) is -0.205. The number of carbonyl (C=O) groups excluding carboxylic acids is 2. The van der Waals surface area contributed by atoms with Crippen LogP contribution in [0.3, 0.4) is 0 Å². The molecule has 2 aliphatic rings. The fraction of sp³-hybridized carbons (Fsp3) is 0.500. The standard InChI is InChI=1S/C10H16N2O3S.C6H6N2O/c13-8(14)4-2-1-3-7-9-6(5-16-7)11-10(15)12-9;7-6(9)5-2-1-3-8-4-5/h6-7,9H,1-5H2,(H,13,14)(H2,11,12,15);1-4H,(H2,7,9)/t6-,7-,9-;/m0./s1. The molecule has 3 amide bonds. The van der Waals surface area contributed by atoms with Gasteiger partial charge in [-0.15, -0.1) is 0 Å². The highest BCUT2D eigenvalue weighted by atomic mass is 32.2. The third-order valence-electron chi connectivity index (χ3n) is 4.01. The van der Waals surface area contributed by atoms with Gasteiger partial charge in [-0.2, -0.15) is 11.8 Å². The van der Waals surface area contributed by atoms with E-state index in [0.29, 0.717) is 10.8 Å². The zero-order chi connectivity index (χ0) is 18.2. The number of nitrogens with two attached hydrogens (primary N) is 1. The molecule has 5 N–H and O–H groups in total. The number of primary amides is 1. The van der Waals surface area contributed by atoms with Crippen molar-refractivity contribution in [1.82, 2.24) is 15.6 Å². The summed E-state index contributed by atoms with van der Waals surface area (Å²) < 4.78 is 0. The van der Waals surface area contributed by atoms with E-state index in [4.69, 9.17) is 10.8 Å². The molecule has 2 fully saturated rings. The fourth-order valence-corrected chi connectivity index (χ4v) is 4.32. The molecule has 0 bridgehead atoms. The van der Waals surface area contributed by atoms with Crippen LogP contribution in [0.15, 0.2) is 24.5 Å². The fourth-order valence-electron chi connectivity index (χ4n) is 2.77. The highest BCUT2D eigenvalue weighted by Gasteiger charge is 2.42. The van der Waals surface area contributed by atoms with Crippen LogP contribution in [-0.4, -0.2) is 51.1 Å². The lowest BCUT2D eigenvalue weighted by Crippen LogP contribution is -2.36. The number of urea groups is 1. The van der Waals surface area contributed by atoms with Crippen LogP contribution in [0.1, 0.15) is 36.0 Å². The lowest BCUT2D eigenvalue weighted by Gasteiger charge is -2.16. The first kappa shape index (κ1) is 19.0. The molecule has 0 spiro atoms.